The van der Waals surface area contributed by atoms with Crippen LogP contribution in [0.4, 0.5) is 28.2 Å². The Hall–Kier alpha value is -3.41. The van der Waals surface area contributed by atoms with E-state index in [-0.39, 0.29) is 23.9 Å². The molecule has 0 bridgehead atoms. The number of halogens is 5. The number of urea groups is 1. The van der Waals surface area contributed by atoms with Crippen molar-refractivity contribution in [3.05, 3.63) is 58.5 Å². The van der Waals surface area contributed by atoms with Gasteiger partial charge in [0.15, 0.2) is 0 Å². The number of pyridine rings is 1. The molecule has 3 rings (SSSR count). The Bertz CT molecular complexity index is 1080. The summed E-state index contributed by atoms with van der Waals surface area (Å²) in [6.45, 7) is 0.970. The van der Waals surface area contributed by atoms with E-state index in [2.05, 4.69) is 20.9 Å². The number of nitrogens with zero attached hydrogens (tertiary/aromatic N) is 2. The summed E-state index contributed by atoms with van der Waals surface area (Å²) in [5.74, 6) is -1.82. The fourth-order valence-electron chi connectivity index (χ4n) is 3.12. The van der Waals surface area contributed by atoms with E-state index >= 15 is 0 Å². The quantitative estimate of drug-likeness (QED) is 0.316. The van der Waals surface area contributed by atoms with Crippen molar-refractivity contribution < 1.29 is 31.9 Å². The number of benzene rings is 1. The average molecular weight is 488 g/mol. The Kier molecular flexibility index (Phi) is 6.77. The molecule has 1 saturated heterocycles. The number of hydrogen-bond acceptors (Lipinski definition) is 5. The highest BCUT2D eigenvalue weighted by atomic mass is 35.5. The van der Waals surface area contributed by atoms with Crippen molar-refractivity contribution in [2.45, 2.75) is 18.6 Å². The monoisotopic (exact) mass is 487 g/mol. The highest BCUT2D eigenvalue weighted by Crippen LogP contribution is 2.32. The van der Waals surface area contributed by atoms with Crippen LogP contribution in [-0.2, 0) is 21.3 Å². The van der Waals surface area contributed by atoms with Crippen molar-refractivity contribution in [3.8, 4) is 0 Å². The molecule has 2 heterocycles. The normalized spacial score (nSPS) is 18.3. The third-order valence-electron chi connectivity index (χ3n) is 4.91. The highest BCUT2D eigenvalue weighted by Gasteiger charge is 2.49. The molecule has 1 unspecified atom stereocenters. The maximum absolute atomic E-state index is 13.2. The molecule has 1 atom stereocenters. The molecule has 1 aromatic heterocycles. The van der Waals surface area contributed by atoms with Crippen molar-refractivity contribution in [1.82, 2.24) is 20.5 Å². The van der Waals surface area contributed by atoms with E-state index in [0.717, 1.165) is 23.1 Å². The summed E-state index contributed by atoms with van der Waals surface area (Å²) in [6.07, 6.45) is -3.95. The van der Waals surface area contributed by atoms with Gasteiger partial charge >= 0.3 is 12.2 Å². The summed E-state index contributed by atoms with van der Waals surface area (Å²) in [5.41, 5.74) is -2.08. The molecule has 1 fully saturated rings. The van der Waals surface area contributed by atoms with Crippen LogP contribution in [0.1, 0.15) is 18.1 Å². The molecule has 0 spiro atoms. The minimum absolute atomic E-state index is 0.00285. The number of hydrogen-bond donors (Lipinski definition) is 3. The Morgan fingerprint density at radius 3 is 2.48 bits per heavy atom. The number of aromatic nitrogens is 1. The first kappa shape index (κ1) is 24.2. The molecule has 0 radical (unpaired) electrons. The molecule has 176 valence electrons. The van der Waals surface area contributed by atoms with Gasteiger partial charge in [0.2, 0.25) is 5.91 Å². The molecule has 0 aliphatic carbocycles. The average Bonchev–Trinajstić information content (AvgIpc) is 2.95. The number of rotatable bonds is 7. The fraction of sp³-hybridized carbons (Fsp3) is 0.300. The smallest absolute Gasteiger partial charge is 0.367 e. The first-order chi connectivity index (χ1) is 15.4. The van der Waals surface area contributed by atoms with Gasteiger partial charge < -0.3 is 16.0 Å². The Labute approximate surface area is 190 Å². The molecule has 1 aromatic carbocycles. The second-order valence-electron chi connectivity index (χ2n) is 7.28. The van der Waals surface area contributed by atoms with Gasteiger partial charge in [-0.15, -0.1) is 0 Å². The molecule has 4 amide bonds. The Morgan fingerprint density at radius 2 is 1.88 bits per heavy atom. The maximum atomic E-state index is 13.2. The van der Waals surface area contributed by atoms with Gasteiger partial charge in [0.1, 0.15) is 23.7 Å². The lowest BCUT2D eigenvalue weighted by molar-refractivity contribution is -0.137. The zero-order valence-electron chi connectivity index (χ0n) is 17.1. The third-order valence-corrected chi connectivity index (χ3v) is 5.19. The fourth-order valence-corrected chi connectivity index (χ4v) is 3.36. The second-order valence-corrected chi connectivity index (χ2v) is 7.69. The summed E-state index contributed by atoms with van der Waals surface area (Å²) in [7, 11) is 0. The summed E-state index contributed by atoms with van der Waals surface area (Å²) < 4.78 is 51.1. The van der Waals surface area contributed by atoms with E-state index in [1.54, 1.807) is 0 Å². The second kappa shape index (κ2) is 9.22. The molecule has 1 aliphatic heterocycles. The van der Waals surface area contributed by atoms with Crippen molar-refractivity contribution in [1.29, 1.82) is 0 Å². The van der Waals surface area contributed by atoms with Crippen molar-refractivity contribution in [3.63, 3.8) is 0 Å². The summed E-state index contributed by atoms with van der Waals surface area (Å²) >= 11 is 5.79. The van der Waals surface area contributed by atoms with E-state index < -0.39 is 47.5 Å². The lowest BCUT2D eigenvalue weighted by Gasteiger charge is -2.22. The van der Waals surface area contributed by atoms with Crippen molar-refractivity contribution in [2.75, 3.05) is 25.0 Å². The minimum Gasteiger partial charge on any atom is -0.367 e. The van der Waals surface area contributed by atoms with Gasteiger partial charge in [-0.3, -0.25) is 14.5 Å². The van der Waals surface area contributed by atoms with E-state index in [0.29, 0.717) is 11.8 Å². The van der Waals surface area contributed by atoms with Crippen LogP contribution in [0.15, 0.2) is 36.5 Å². The predicted molar refractivity (Wildman–Crippen MR) is 110 cm³/mol. The van der Waals surface area contributed by atoms with Crippen LogP contribution in [0.3, 0.4) is 0 Å². The number of amides is 4. The lowest BCUT2D eigenvalue weighted by atomic mass is 9.92. The van der Waals surface area contributed by atoms with Gasteiger partial charge in [0, 0.05) is 19.3 Å². The van der Waals surface area contributed by atoms with Crippen LogP contribution in [0.25, 0.3) is 0 Å². The van der Waals surface area contributed by atoms with E-state index in [9.17, 15) is 31.9 Å². The Morgan fingerprint density at radius 1 is 1.21 bits per heavy atom. The first-order valence-corrected chi connectivity index (χ1v) is 9.93. The van der Waals surface area contributed by atoms with Gasteiger partial charge in [-0.05, 0) is 30.7 Å². The largest absolute Gasteiger partial charge is 0.417 e. The topological polar surface area (TPSA) is 103 Å². The van der Waals surface area contributed by atoms with Gasteiger partial charge in [0.25, 0.3) is 5.91 Å². The summed E-state index contributed by atoms with van der Waals surface area (Å²) in [6, 6.07) is 4.98. The molecule has 0 saturated carbocycles. The van der Waals surface area contributed by atoms with Gasteiger partial charge in [0.05, 0.1) is 10.6 Å². The molecule has 13 heteroatoms. The van der Waals surface area contributed by atoms with Crippen LogP contribution in [0.5, 0.6) is 0 Å². The molecule has 1 aliphatic rings. The van der Waals surface area contributed by atoms with Crippen LogP contribution < -0.4 is 16.0 Å². The van der Waals surface area contributed by atoms with E-state index in [4.69, 9.17) is 11.6 Å². The number of imide groups is 1. The van der Waals surface area contributed by atoms with Crippen LogP contribution in [-0.4, -0.2) is 47.4 Å². The Balaban J connectivity index is 1.51. The van der Waals surface area contributed by atoms with Crippen molar-refractivity contribution in [2.24, 2.45) is 0 Å². The standard InChI is InChI=1S/C20H18ClF4N5O3/c1-19(11-2-4-13(22)5-3-11)17(32)30(18(33)29-19)10-15(31)26-6-7-27-16-14(21)8-12(9-28-16)20(23,24)25/h2-5,8-9H,6-7,10H2,1H3,(H,26,31)(H,27,28)(H,29,33). The number of carbonyl (C=O) groups excluding carboxylic acids is 3. The molecular formula is C20H18ClF4N5O3. The number of anilines is 1. The van der Waals surface area contributed by atoms with Gasteiger partial charge in [-0.1, -0.05) is 23.7 Å². The van der Waals surface area contributed by atoms with Gasteiger partial charge in [-0.25, -0.2) is 14.2 Å². The molecule has 2 aromatic rings. The molecule has 33 heavy (non-hydrogen) atoms. The van der Waals surface area contributed by atoms with Crippen LogP contribution in [0.2, 0.25) is 5.02 Å². The number of nitrogens with one attached hydrogen (secondary N) is 3. The molecule has 3 N–H and O–H groups in total. The number of alkyl halides is 3. The highest BCUT2D eigenvalue weighted by molar-refractivity contribution is 6.33. The maximum Gasteiger partial charge on any atom is 0.417 e. The van der Waals surface area contributed by atoms with Crippen LogP contribution >= 0.6 is 11.6 Å². The lowest BCUT2D eigenvalue weighted by Crippen LogP contribution is -2.43. The third kappa shape index (κ3) is 5.33. The number of carbonyl (C=O) groups is 3. The minimum atomic E-state index is -4.57. The SMILES string of the molecule is CC1(c2ccc(F)cc2)NC(=O)N(CC(=O)NCCNc2ncc(C(F)(F)F)cc2Cl)C1=O. The first-order valence-electron chi connectivity index (χ1n) is 9.55. The zero-order chi connectivity index (χ0) is 24.4. The summed E-state index contributed by atoms with van der Waals surface area (Å²) in [5, 5.41) is 7.42. The van der Waals surface area contributed by atoms with Crippen LogP contribution in [0, 0.1) is 5.82 Å². The van der Waals surface area contributed by atoms with E-state index in [1.807, 2.05) is 0 Å². The van der Waals surface area contributed by atoms with E-state index in [1.165, 1.54) is 19.1 Å². The molecular weight excluding hydrogens is 470 g/mol. The molecule has 8 nitrogen and oxygen atoms in total. The predicted octanol–water partition coefficient (Wildman–Crippen LogP) is 2.89. The zero-order valence-corrected chi connectivity index (χ0v) is 17.9. The van der Waals surface area contributed by atoms with Crippen molar-refractivity contribution >= 4 is 35.3 Å². The summed E-state index contributed by atoms with van der Waals surface area (Å²) in [4.78, 5) is 41.5. The van der Waals surface area contributed by atoms with Gasteiger partial charge in [-0.2, -0.15) is 13.2 Å².